The van der Waals surface area contributed by atoms with Gasteiger partial charge in [0.15, 0.2) is 6.17 Å². The highest BCUT2D eigenvalue weighted by molar-refractivity contribution is 5.56. The molecular weight excluding hydrogens is 146 g/mol. The molecule has 1 unspecified atom stereocenters. The van der Waals surface area contributed by atoms with Crippen LogP contribution in [0.15, 0.2) is 12.4 Å². The molecule has 10 heavy (non-hydrogen) atoms. The van der Waals surface area contributed by atoms with Crippen molar-refractivity contribution in [1.82, 2.24) is 0 Å². The summed E-state index contributed by atoms with van der Waals surface area (Å²) in [6.07, 6.45) is -2.73. The summed E-state index contributed by atoms with van der Waals surface area (Å²) < 4.78 is 27.0. The van der Waals surface area contributed by atoms with Gasteiger partial charge in [-0.1, -0.05) is 0 Å². The number of rotatable bonds is 3. The Bertz CT molecular complexity index is 135. The van der Waals surface area contributed by atoms with E-state index in [1.165, 1.54) is 0 Å². The topological polar surface area (TPSA) is 46.5 Å². The third-order valence-electron chi connectivity index (χ3n) is 0.648. The Morgan fingerprint density at radius 3 is 2.80 bits per heavy atom. The van der Waals surface area contributed by atoms with E-state index in [0.717, 1.165) is 0 Å². The van der Waals surface area contributed by atoms with Crippen molar-refractivity contribution in [1.29, 1.82) is 0 Å². The predicted molar refractivity (Wildman–Crippen MR) is 29.1 cm³/mol. The standard InChI is InChI=1S/C5H6F2O3/c6-2-1-4(7)3-10-5(8)9/h1-2,4H,3H2,(H,8,9). The molecule has 3 nitrogen and oxygen atoms in total. The van der Waals surface area contributed by atoms with E-state index >= 15 is 0 Å². The van der Waals surface area contributed by atoms with Crippen molar-refractivity contribution in [2.75, 3.05) is 6.61 Å². The van der Waals surface area contributed by atoms with Gasteiger partial charge in [0.25, 0.3) is 0 Å². The molecule has 1 N–H and O–H groups in total. The smallest absolute Gasteiger partial charge is 0.450 e. The van der Waals surface area contributed by atoms with Crippen LogP contribution in [-0.2, 0) is 4.74 Å². The van der Waals surface area contributed by atoms with Gasteiger partial charge < -0.3 is 9.84 Å². The second-order valence-electron chi connectivity index (χ2n) is 1.41. The summed E-state index contributed by atoms with van der Waals surface area (Å²) in [6, 6.07) is 0. The van der Waals surface area contributed by atoms with Gasteiger partial charge >= 0.3 is 6.16 Å². The molecule has 0 amide bonds. The summed E-state index contributed by atoms with van der Waals surface area (Å²) in [7, 11) is 0. The normalized spacial score (nSPS) is 13.4. The van der Waals surface area contributed by atoms with Gasteiger partial charge in [-0.3, -0.25) is 0 Å². The number of halogens is 2. The number of ether oxygens (including phenoxy) is 1. The van der Waals surface area contributed by atoms with Gasteiger partial charge in [0, 0.05) is 0 Å². The monoisotopic (exact) mass is 152 g/mol. The lowest BCUT2D eigenvalue weighted by molar-refractivity contribution is 0.0758. The Kier molecular flexibility index (Phi) is 4.19. The molecule has 0 aliphatic carbocycles. The van der Waals surface area contributed by atoms with E-state index in [9.17, 15) is 13.6 Å². The molecule has 0 heterocycles. The number of hydrogen-bond donors (Lipinski definition) is 1. The van der Waals surface area contributed by atoms with Crippen LogP contribution in [0, 0.1) is 0 Å². The van der Waals surface area contributed by atoms with Crippen LogP contribution in [0.25, 0.3) is 0 Å². The zero-order valence-electron chi connectivity index (χ0n) is 4.96. The Labute approximate surface area is 55.9 Å². The number of carboxylic acid groups (broad SMARTS) is 1. The van der Waals surface area contributed by atoms with Gasteiger partial charge in [-0.2, -0.15) is 0 Å². The van der Waals surface area contributed by atoms with Crippen molar-refractivity contribution in [3.05, 3.63) is 12.4 Å². The molecule has 58 valence electrons. The molecule has 0 bridgehead atoms. The zero-order valence-corrected chi connectivity index (χ0v) is 4.96. The third-order valence-corrected chi connectivity index (χ3v) is 0.648. The van der Waals surface area contributed by atoms with Crippen LogP contribution in [0.3, 0.4) is 0 Å². The lowest BCUT2D eigenvalue weighted by atomic mass is 10.4. The van der Waals surface area contributed by atoms with Crippen LogP contribution in [0.2, 0.25) is 0 Å². The lowest BCUT2D eigenvalue weighted by Gasteiger charge is -1.99. The molecule has 5 heteroatoms. The first-order chi connectivity index (χ1) is 4.66. The molecular formula is C5H6F2O3. The summed E-state index contributed by atoms with van der Waals surface area (Å²) in [6.45, 7) is -0.671. The molecule has 1 atom stereocenters. The maximum atomic E-state index is 12.0. The SMILES string of the molecule is O=C(O)OCC(F)C=CF. The fourth-order valence-corrected chi connectivity index (χ4v) is 0.285. The second-order valence-corrected chi connectivity index (χ2v) is 1.41. The van der Waals surface area contributed by atoms with E-state index in [1.54, 1.807) is 0 Å². The fourth-order valence-electron chi connectivity index (χ4n) is 0.285. The van der Waals surface area contributed by atoms with E-state index in [4.69, 9.17) is 5.11 Å². The minimum atomic E-state index is -1.71. The fraction of sp³-hybridized carbons (Fsp3) is 0.400. The van der Waals surface area contributed by atoms with E-state index in [0.29, 0.717) is 6.08 Å². The lowest BCUT2D eigenvalue weighted by Crippen LogP contribution is -2.10. The van der Waals surface area contributed by atoms with Gasteiger partial charge in [0.2, 0.25) is 0 Å². The Balaban J connectivity index is 3.39. The van der Waals surface area contributed by atoms with Crippen molar-refractivity contribution >= 4 is 6.16 Å². The highest BCUT2D eigenvalue weighted by Crippen LogP contribution is 1.94. The Morgan fingerprint density at radius 2 is 2.40 bits per heavy atom. The van der Waals surface area contributed by atoms with E-state index in [2.05, 4.69) is 4.74 Å². The molecule has 0 radical (unpaired) electrons. The highest BCUT2D eigenvalue weighted by Gasteiger charge is 2.04. The quantitative estimate of drug-likeness (QED) is 0.623. The first-order valence-corrected chi connectivity index (χ1v) is 2.43. The summed E-state index contributed by atoms with van der Waals surface area (Å²) in [4.78, 5) is 9.60. The van der Waals surface area contributed by atoms with Crippen molar-refractivity contribution in [3.8, 4) is 0 Å². The largest absolute Gasteiger partial charge is 0.505 e. The summed E-state index contributed by atoms with van der Waals surface area (Å²) in [5.41, 5.74) is 0. The van der Waals surface area contributed by atoms with Crippen LogP contribution in [0.4, 0.5) is 13.6 Å². The number of alkyl halides is 1. The second kappa shape index (κ2) is 4.72. The van der Waals surface area contributed by atoms with Gasteiger partial charge in [-0.25, -0.2) is 13.6 Å². The average molecular weight is 152 g/mol. The minimum Gasteiger partial charge on any atom is -0.450 e. The van der Waals surface area contributed by atoms with Crippen LogP contribution in [0.1, 0.15) is 0 Å². The molecule has 0 rings (SSSR count). The molecule has 0 aromatic rings. The van der Waals surface area contributed by atoms with Crippen LogP contribution in [-0.4, -0.2) is 24.0 Å². The molecule has 0 aliphatic rings. The van der Waals surface area contributed by atoms with E-state index in [-0.39, 0.29) is 6.33 Å². The molecule has 0 aromatic carbocycles. The average Bonchev–Trinajstić information content (AvgIpc) is 1.85. The Hall–Kier alpha value is -1.13. The molecule has 0 fully saturated rings. The van der Waals surface area contributed by atoms with Gasteiger partial charge in [0.05, 0.1) is 6.33 Å². The van der Waals surface area contributed by atoms with E-state index < -0.39 is 18.9 Å². The van der Waals surface area contributed by atoms with Gasteiger partial charge in [-0.15, -0.1) is 0 Å². The molecule has 0 aliphatic heterocycles. The first-order valence-electron chi connectivity index (χ1n) is 2.43. The van der Waals surface area contributed by atoms with Crippen molar-refractivity contribution < 1.29 is 23.4 Å². The Morgan fingerprint density at radius 1 is 1.80 bits per heavy atom. The molecule has 0 aromatic heterocycles. The first kappa shape index (κ1) is 8.87. The van der Waals surface area contributed by atoms with Crippen LogP contribution >= 0.6 is 0 Å². The van der Waals surface area contributed by atoms with Crippen LogP contribution < -0.4 is 0 Å². The summed E-state index contributed by atoms with van der Waals surface area (Å²) >= 11 is 0. The number of carbonyl (C=O) groups is 1. The van der Waals surface area contributed by atoms with Gasteiger partial charge in [-0.05, 0) is 6.08 Å². The van der Waals surface area contributed by atoms with Crippen molar-refractivity contribution in [2.24, 2.45) is 0 Å². The maximum absolute atomic E-state index is 12.0. The summed E-state index contributed by atoms with van der Waals surface area (Å²) in [5.74, 6) is 0. The molecule has 0 saturated carbocycles. The molecule has 0 spiro atoms. The third kappa shape index (κ3) is 5.02. The summed E-state index contributed by atoms with van der Waals surface area (Å²) in [5, 5.41) is 7.82. The number of hydrogen-bond acceptors (Lipinski definition) is 2. The van der Waals surface area contributed by atoms with E-state index in [1.807, 2.05) is 0 Å². The zero-order chi connectivity index (χ0) is 7.98. The van der Waals surface area contributed by atoms with Gasteiger partial charge in [0.1, 0.15) is 6.61 Å². The van der Waals surface area contributed by atoms with Crippen LogP contribution in [0.5, 0.6) is 0 Å². The minimum absolute atomic E-state index is 0.00409. The van der Waals surface area contributed by atoms with Crippen molar-refractivity contribution in [3.63, 3.8) is 0 Å². The molecule has 0 saturated heterocycles. The predicted octanol–water partition coefficient (Wildman–Crippen LogP) is 1.50. The van der Waals surface area contributed by atoms with Crippen molar-refractivity contribution in [2.45, 2.75) is 6.17 Å². The highest BCUT2D eigenvalue weighted by atomic mass is 19.1. The maximum Gasteiger partial charge on any atom is 0.505 e.